The number of benzene rings is 2. The maximum atomic E-state index is 13.4. The zero-order chi connectivity index (χ0) is 19.5. The fourth-order valence-corrected chi connectivity index (χ4v) is 3.86. The molecule has 0 radical (unpaired) electrons. The van der Waals surface area contributed by atoms with Crippen LogP contribution in [0.25, 0.3) is 17.1 Å². The summed E-state index contributed by atoms with van der Waals surface area (Å²) < 4.78 is 15.3. The highest BCUT2D eigenvalue weighted by molar-refractivity contribution is 7.99. The third-order valence-electron chi connectivity index (χ3n) is 4.80. The Hall–Kier alpha value is -2.67. The lowest BCUT2D eigenvalue weighted by atomic mass is 10.2. The summed E-state index contributed by atoms with van der Waals surface area (Å²) in [6.45, 7) is 2.05. The van der Waals surface area contributed by atoms with Crippen LogP contribution in [0.3, 0.4) is 0 Å². The molecule has 144 valence electrons. The van der Waals surface area contributed by atoms with Gasteiger partial charge in [0.25, 0.3) is 0 Å². The van der Waals surface area contributed by atoms with Crippen molar-refractivity contribution >= 4 is 17.7 Å². The number of carbonyl (C=O) groups is 1. The quantitative estimate of drug-likeness (QED) is 0.612. The van der Waals surface area contributed by atoms with E-state index in [9.17, 15) is 9.18 Å². The molecule has 0 bridgehead atoms. The van der Waals surface area contributed by atoms with Crippen LogP contribution in [0.2, 0.25) is 0 Å². The van der Waals surface area contributed by atoms with Crippen molar-refractivity contribution in [3.63, 3.8) is 0 Å². The zero-order valence-corrected chi connectivity index (χ0v) is 16.3. The average molecular weight is 396 g/mol. The first-order valence-corrected chi connectivity index (χ1v) is 10.3. The number of amides is 1. The van der Waals surface area contributed by atoms with Gasteiger partial charge in [0.05, 0.1) is 5.75 Å². The van der Waals surface area contributed by atoms with Crippen molar-refractivity contribution < 1.29 is 9.18 Å². The number of aromatic nitrogens is 3. The second-order valence-corrected chi connectivity index (χ2v) is 7.91. The Morgan fingerprint density at radius 3 is 2.57 bits per heavy atom. The molecule has 7 heteroatoms. The molecular weight excluding hydrogens is 375 g/mol. The Balaban J connectivity index is 1.58. The summed E-state index contributed by atoms with van der Waals surface area (Å²) in [6, 6.07) is 16.1. The number of rotatable bonds is 7. The molecule has 1 aliphatic carbocycles. The number of carbonyl (C=O) groups excluding carboxylic acids is 1. The highest BCUT2D eigenvalue weighted by Gasteiger charge is 2.29. The van der Waals surface area contributed by atoms with Crippen molar-refractivity contribution in [3.8, 4) is 17.1 Å². The number of nitrogens with zero attached hydrogens (tertiary/aromatic N) is 3. The first-order valence-electron chi connectivity index (χ1n) is 9.31. The van der Waals surface area contributed by atoms with Crippen molar-refractivity contribution in [2.75, 3.05) is 5.75 Å². The van der Waals surface area contributed by atoms with E-state index in [0.29, 0.717) is 16.9 Å². The molecule has 28 heavy (non-hydrogen) atoms. The molecular formula is C21H21FN4OS. The van der Waals surface area contributed by atoms with Crippen LogP contribution in [0.5, 0.6) is 0 Å². The molecule has 1 N–H and O–H groups in total. The normalized spacial score (nSPS) is 14.6. The summed E-state index contributed by atoms with van der Waals surface area (Å²) in [5.41, 5.74) is 1.65. The van der Waals surface area contributed by atoms with Gasteiger partial charge < -0.3 is 5.32 Å². The molecule has 3 aromatic rings. The van der Waals surface area contributed by atoms with Crippen LogP contribution in [0.1, 0.15) is 19.8 Å². The third kappa shape index (κ3) is 4.25. The van der Waals surface area contributed by atoms with Crippen molar-refractivity contribution in [1.82, 2.24) is 20.1 Å². The summed E-state index contributed by atoms with van der Waals surface area (Å²) in [5, 5.41) is 12.3. The van der Waals surface area contributed by atoms with Gasteiger partial charge in [0.1, 0.15) is 5.82 Å². The van der Waals surface area contributed by atoms with Gasteiger partial charge in [-0.25, -0.2) is 4.39 Å². The molecule has 1 saturated carbocycles. The highest BCUT2D eigenvalue weighted by Crippen LogP contribution is 2.32. The lowest BCUT2D eigenvalue weighted by Gasteiger charge is -2.13. The maximum absolute atomic E-state index is 13.4. The van der Waals surface area contributed by atoms with E-state index in [0.717, 1.165) is 11.3 Å². The summed E-state index contributed by atoms with van der Waals surface area (Å²) in [7, 11) is 0. The molecule has 1 amide bonds. The van der Waals surface area contributed by atoms with E-state index in [1.54, 1.807) is 12.1 Å². The van der Waals surface area contributed by atoms with E-state index in [1.807, 2.05) is 34.9 Å². The molecule has 0 spiro atoms. The molecule has 0 saturated heterocycles. The molecule has 1 heterocycles. The number of nitrogens with one attached hydrogen (secondary N) is 1. The van der Waals surface area contributed by atoms with Gasteiger partial charge in [0, 0.05) is 17.3 Å². The van der Waals surface area contributed by atoms with Gasteiger partial charge >= 0.3 is 0 Å². The minimum absolute atomic E-state index is 0.0145. The number of hydrogen-bond acceptors (Lipinski definition) is 4. The van der Waals surface area contributed by atoms with E-state index in [4.69, 9.17) is 0 Å². The van der Waals surface area contributed by atoms with Crippen LogP contribution in [-0.2, 0) is 4.79 Å². The van der Waals surface area contributed by atoms with Crippen LogP contribution in [-0.4, -0.2) is 32.5 Å². The Morgan fingerprint density at radius 1 is 1.18 bits per heavy atom. The van der Waals surface area contributed by atoms with Gasteiger partial charge in [0.15, 0.2) is 11.0 Å². The Kier molecular flexibility index (Phi) is 5.43. The fourth-order valence-electron chi connectivity index (χ4n) is 3.10. The molecule has 5 nitrogen and oxygen atoms in total. The Bertz CT molecular complexity index is 954. The molecule has 1 atom stereocenters. The zero-order valence-electron chi connectivity index (χ0n) is 15.5. The van der Waals surface area contributed by atoms with Crippen LogP contribution in [0.15, 0.2) is 59.8 Å². The standard InChI is InChI=1S/C21H21FN4OS/c1-14(15-7-8-15)23-19(27)13-28-21-25-24-20(16-5-3-2-4-6-16)26(21)18-11-9-17(22)10-12-18/h2-6,9-12,14-15H,7-8,13H2,1H3,(H,23,27). The van der Waals surface area contributed by atoms with E-state index >= 15 is 0 Å². The molecule has 1 aliphatic rings. The minimum Gasteiger partial charge on any atom is -0.353 e. The predicted molar refractivity (Wildman–Crippen MR) is 108 cm³/mol. The van der Waals surface area contributed by atoms with Gasteiger partial charge in [-0.1, -0.05) is 42.1 Å². The number of halogens is 1. The van der Waals surface area contributed by atoms with E-state index in [-0.39, 0.29) is 23.5 Å². The van der Waals surface area contributed by atoms with Gasteiger partial charge in [0.2, 0.25) is 5.91 Å². The van der Waals surface area contributed by atoms with Gasteiger partial charge in [-0.3, -0.25) is 9.36 Å². The van der Waals surface area contributed by atoms with Gasteiger partial charge in [-0.05, 0) is 49.9 Å². The van der Waals surface area contributed by atoms with Crippen LogP contribution >= 0.6 is 11.8 Å². The second-order valence-electron chi connectivity index (χ2n) is 6.97. The monoisotopic (exact) mass is 396 g/mol. The van der Waals surface area contributed by atoms with Crippen LogP contribution < -0.4 is 5.32 Å². The van der Waals surface area contributed by atoms with Crippen molar-refractivity contribution in [2.24, 2.45) is 5.92 Å². The van der Waals surface area contributed by atoms with Gasteiger partial charge in [-0.2, -0.15) is 0 Å². The second kappa shape index (κ2) is 8.14. The lowest BCUT2D eigenvalue weighted by molar-refractivity contribution is -0.119. The topological polar surface area (TPSA) is 59.8 Å². The average Bonchev–Trinajstić information content (AvgIpc) is 3.48. The molecule has 1 aromatic heterocycles. The molecule has 2 aromatic carbocycles. The summed E-state index contributed by atoms with van der Waals surface area (Å²) in [5.74, 6) is 1.20. The van der Waals surface area contributed by atoms with E-state index in [1.165, 1.54) is 36.7 Å². The largest absolute Gasteiger partial charge is 0.353 e. The van der Waals surface area contributed by atoms with Crippen molar-refractivity contribution in [1.29, 1.82) is 0 Å². The van der Waals surface area contributed by atoms with Gasteiger partial charge in [-0.15, -0.1) is 10.2 Å². The number of hydrogen-bond donors (Lipinski definition) is 1. The van der Waals surface area contributed by atoms with E-state index < -0.39 is 0 Å². The molecule has 1 unspecified atom stereocenters. The van der Waals surface area contributed by atoms with Crippen LogP contribution in [0, 0.1) is 11.7 Å². The SMILES string of the molecule is CC(NC(=O)CSc1nnc(-c2ccccc2)n1-c1ccc(F)cc1)C1CC1. The molecule has 1 fully saturated rings. The molecule has 4 rings (SSSR count). The summed E-state index contributed by atoms with van der Waals surface area (Å²) in [4.78, 5) is 12.3. The van der Waals surface area contributed by atoms with E-state index in [2.05, 4.69) is 22.4 Å². The summed E-state index contributed by atoms with van der Waals surface area (Å²) >= 11 is 1.33. The Morgan fingerprint density at radius 2 is 1.89 bits per heavy atom. The third-order valence-corrected chi connectivity index (χ3v) is 5.73. The maximum Gasteiger partial charge on any atom is 0.230 e. The minimum atomic E-state index is -0.305. The number of thioether (sulfide) groups is 1. The lowest BCUT2D eigenvalue weighted by Crippen LogP contribution is -2.35. The first kappa shape index (κ1) is 18.7. The predicted octanol–water partition coefficient (Wildman–Crippen LogP) is 4.08. The van der Waals surface area contributed by atoms with Crippen molar-refractivity contribution in [2.45, 2.75) is 31.0 Å². The van der Waals surface area contributed by atoms with Crippen molar-refractivity contribution in [3.05, 3.63) is 60.4 Å². The first-order chi connectivity index (χ1) is 13.6. The van der Waals surface area contributed by atoms with Crippen LogP contribution in [0.4, 0.5) is 4.39 Å². The summed E-state index contributed by atoms with van der Waals surface area (Å²) in [6.07, 6.45) is 2.38. The molecule has 0 aliphatic heterocycles. The highest BCUT2D eigenvalue weighted by atomic mass is 32.2. The Labute approximate surface area is 167 Å². The fraction of sp³-hybridized carbons (Fsp3) is 0.286. The smallest absolute Gasteiger partial charge is 0.230 e.